The Balaban J connectivity index is 1.72. The van der Waals surface area contributed by atoms with Gasteiger partial charge in [0.2, 0.25) is 0 Å². The number of aromatic nitrogens is 2. The second-order valence-corrected chi connectivity index (χ2v) is 4.64. The van der Waals surface area contributed by atoms with E-state index in [0.717, 1.165) is 5.69 Å². The lowest BCUT2D eigenvalue weighted by atomic mass is 10.3. The van der Waals surface area contributed by atoms with Crippen LogP contribution in [0.1, 0.15) is 0 Å². The van der Waals surface area contributed by atoms with Gasteiger partial charge in [0.25, 0.3) is 0 Å². The molecule has 0 aliphatic rings. The van der Waals surface area contributed by atoms with Crippen LogP contribution in [-0.4, -0.2) is 34.1 Å². The number of anilines is 1. The minimum absolute atomic E-state index is 0.217. The largest absolute Gasteiger partial charge is 0.491 e. The van der Waals surface area contributed by atoms with Crippen molar-refractivity contribution in [2.45, 2.75) is 6.10 Å². The molecule has 0 saturated heterocycles. The SMILES string of the molecule is Cn1cc(NCC(O)COc2ccc(Cl)cc2)cn1. The van der Waals surface area contributed by atoms with Gasteiger partial charge in [-0.25, -0.2) is 0 Å². The Morgan fingerprint density at radius 1 is 1.42 bits per heavy atom. The molecule has 6 heteroatoms. The second kappa shape index (κ2) is 6.45. The lowest BCUT2D eigenvalue weighted by Crippen LogP contribution is -2.26. The van der Waals surface area contributed by atoms with Gasteiger partial charge in [-0.05, 0) is 24.3 Å². The summed E-state index contributed by atoms with van der Waals surface area (Å²) < 4.78 is 7.14. The molecule has 0 spiro atoms. The molecule has 2 aromatic rings. The zero-order valence-electron chi connectivity index (χ0n) is 10.6. The zero-order chi connectivity index (χ0) is 13.7. The van der Waals surface area contributed by atoms with Crippen molar-refractivity contribution in [3.05, 3.63) is 41.7 Å². The third-order valence-electron chi connectivity index (χ3n) is 2.50. The number of hydrogen-bond acceptors (Lipinski definition) is 4. The first-order chi connectivity index (χ1) is 9.13. The van der Waals surface area contributed by atoms with Gasteiger partial charge in [-0.1, -0.05) is 11.6 Å². The van der Waals surface area contributed by atoms with Crippen LogP contribution in [0.4, 0.5) is 5.69 Å². The number of rotatable bonds is 6. The summed E-state index contributed by atoms with van der Waals surface area (Å²) in [6, 6.07) is 7.03. The first-order valence-electron chi connectivity index (χ1n) is 5.92. The molecule has 1 aromatic carbocycles. The quantitative estimate of drug-likeness (QED) is 0.849. The van der Waals surface area contributed by atoms with E-state index < -0.39 is 6.10 Å². The molecular formula is C13H16ClN3O2. The molecule has 102 valence electrons. The van der Waals surface area contributed by atoms with Gasteiger partial charge in [0.15, 0.2) is 0 Å². The Morgan fingerprint density at radius 3 is 2.79 bits per heavy atom. The van der Waals surface area contributed by atoms with E-state index in [0.29, 0.717) is 17.3 Å². The molecule has 19 heavy (non-hydrogen) atoms. The summed E-state index contributed by atoms with van der Waals surface area (Å²) in [6.07, 6.45) is 2.94. The summed E-state index contributed by atoms with van der Waals surface area (Å²) in [6.45, 7) is 0.619. The number of aliphatic hydroxyl groups excluding tert-OH is 1. The van der Waals surface area contributed by atoms with E-state index in [1.54, 1.807) is 35.1 Å². The van der Waals surface area contributed by atoms with Gasteiger partial charge in [-0.15, -0.1) is 0 Å². The van der Waals surface area contributed by atoms with E-state index in [9.17, 15) is 5.11 Å². The highest BCUT2D eigenvalue weighted by atomic mass is 35.5. The summed E-state index contributed by atoms with van der Waals surface area (Å²) in [7, 11) is 1.84. The maximum atomic E-state index is 9.79. The average molecular weight is 282 g/mol. The van der Waals surface area contributed by atoms with E-state index >= 15 is 0 Å². The zero-order valence-corrected chi connectivity index (χ0v) is 11.3. The summed E-state index contributed by atoms with van der Waals surface area (Å²) in [4.78, 5) is 0. The normalized spacial score (nSPS) is 12.2. The fraction of sp³-hybridized carbons (Fsp3) is 0.308. The van der Waals surface area contributed by atoms with Gasteiger partial charge in [-0.2, -0.15) is 5.10 Å². The molecule has 0 aliphatic heterocycles. The van der Waals surface area contributed by atoms with Crippen LogP contribution in [0, 0.1) is 0 Å². The van der Waals surface area contributed by atoms with Crippen molar-refractivity contribution in [1.29, 1.82) is 0 Å². The van der Waals surface area contributed by atoms with Crippen LogP contribution in [0.25, 0.3) is 0 Å². The maximum Gasteiger partial charge on any atom is 0.119 e. The van der Waals surface area contributed by atoms with Crippen molar-refractivity contribution in [2.24, 2.45) is 7.05 Å². The van der Waals surface area contributed by atoms with E-state index in [4.69, 9.17) is 16.3 Å². The van der Waals surface area contributed by atoms with Crippen LogP contribution >= 0.6 is 11.6 Å². The Kier molecular flexibility index (Phi) is 4.65. The molecular weight excluding hydrogens is 266 g/mol. The number of nitrogens with zero attached hydrogens (tertiary/aromatic N) is 2. The van der Waals surface area contributed by atoms with Gasteiger partial charge in [0, 0.05) is 24.8 Å². The molecule has 0 amide bonds. The van der Waals surface area contributed by atoms with E-state index in [2.05, 4.69) is 10.4 Å². The van der Waals surface area contributed by atoms with E-state index in [1.165, 1.54) is 0 Å². The highest BCUT2D eigenvalue weighted by molar-refractivity contribution is 6.30. The molecule has 0 radical (unpaired) electrons. The van der Waals surface area contributed by atoms with Gasteiger partial charge in [0.1, 0.15) is 18.5 Å². The topological polar surface area (TPSA) is 59.3 Å². The maximum absolute atomic E-state index is 9.79. The molecule has 1 unspecified atom stereocenters. The Labute approximate surface area is 116 Å². The highest BCUT2D eigenvalue weighted by Gasteiger charge is 2.06. The summed E-state index contributed by atoms with van der Waals surface area (Å²) in [5.41, 5.74) is 0.869. The number of nitrogens with one attached hydrogen (secondary N) is 1. The molecule has 5 nitrogen and oxygen atoms in total. The smallest absolute Gasteiger partial charge is 0.119 e. The molecule has 1 heterocycles. The highest BCUT2D eigenvalue weighted by Crippen LogP contribution is 2.15. The number of aliphatic hydroxyl groups is 1. The van der Waals surface area contributed by atoms with Crippen molar-refractivity contribution in [2.75, 3.05) is 18.5 Å². The van der Waals surface area contributed by atoms with E-state index in [-0.39, 0.29) is 6.61 Å². The van der Waals surface area contributed by atoms with Gasteiger partial charge < -0.3 is 15.2 Å². The average Bonchev–Trinajstić information content (AvgIpc) is 2.81. The monoisotopic (exact) mass is 281 g/mol. The molecule has 0 bridgehead atoms. The fourth-order valence-electron chi connectivity index (χ4n) is 1.53. The Bertz CT molecular complexity index is 513. The Hall–Kier alpha value is -1.72. The van der Waals surface area contributed by atoms with Crippen LogP contribution in [0.5, 0.6) is 5.75 Å². The van der Waals surface area contributed by atoms with Gasteiger partial charge in [0.05, 0.1) is 11.9 Å². The standard InChI is InChI=1S/C13H16ClN3O2/c1-17-8-11(6-16-17)15-7-12(18)9-19-13-4-2-10(14)3-5-13/h2-6,8,12,15,18H,7,9H2,1H3. The summed E-state index contributed by atoms with van der Waals surface area (Å²) in [5.74, 6) is 0.685. The van der Waals surface area contributed by atoms with Crippen LogP contribution < -0.4 is 10.1 Å². The fourth-order valence-corrected chi connectivity index (χ4v) is 1.66. The van der Waals surface area contributed by atoms with Gasteiger partial charge >= 0.3 is 0 Å². The molecule has 0 fully saturated rings. The first-order valence-corrected chi connectivity index (χ1v) is 6.30. The second-order valence-electron chi connectivity index (χ2n) is 4.20. The molecule has 1 atom stereocenters. The summed E-state index contributed by atoms with van der Waals surface area (Å²) in [5, 5.41) is 17.6. The van der Waals surface area contributed by atoms with E-state index in [1.807, 2.05) is 13.2 Å². The lowest BCUT2D eigenvalue weighted by Gasteiger charge is -2.13. The van der Waals surface area contributed by atoms with Crippen molar-refractivity contribution < 1.29 is 9.84 Å². The number of benzene rings is 1. The number of ether oxygens (including phenoxy) is 1. The minimum atomic E-state index is -0.601. The predicted molar refractivity (Wildman–Crippen MR) is 74.7 cm³/mol. The van der Waals surface area contributed by atoms with Crippen LogP contribution in [-0.2, 0) is 7.05 Å². The number of halogens is 1. The van der Waals surface area contributed by atoms with Crippen LogP contribution in [0.3, 0.4) is 0 Å². The Morgan fingerprint density at radius 2 is 2.16 bits per heavy atom. The number of hydrogen-bond donors (Lipinski definition) is 2. The first kappa shape index (κ1) is 13.7. The molecule has 2 rings (SSSR count). The summed E-state index contributed by atoms with van der Waals surface area (Å²) >= 11 is 5.77. The van der Waals surface area contributed by atoms with Crippen LogP contribution in [0.15, 0.2) is 36.7 Å². The van der Waals surface area contributed by atoms with Crippen molar-refractivity contribution >= 4 is 17.3 Å². The lowest BCUT2D eigenvalue weighted by molar-refractivity contribution is 0.117. The molecule has 1 aromatic heterocycles. The molecule has 0 aliphatic carbocycles. The van der Waals surface area contributed by atoms with Gasteiger partial charge in [-0.3, -0.25) is 4.68 Å². The third-order valence-corrected chi connectivity index (χ3v) is 2.75. The van der Waals surface area contributed by atoms with Crippen molar-refractivity contribution in [3.63, 3.8) is 0 Å². The molecule has 2 N–H and O–H groups in total. The van der Waals surface area contributed by atoms with Crippen LogP contribution in [0.2, 0.25) is 5.02 Å². The number of aryl methyl sites for hydroxylation is 1. The third kappa shape index (κ3) is 4.46. The van der Waals surface area contributed by atoms with Crippen molar-refractivity contribution in [3.8, 4) is 5.75 Å². The van der Waals surface area contributed by atoms with Crippen molar-refractivity contribution in [1.82, 2.24) is 9.78 Å². The molecule has 0 saturated carbocycles. The minimum Gasteiger partial charge on any atom is -0.491 e. The predicted octanol–water partition coefficient (Wildman–Crippen LogP) is 1.93.